The molecule has 0 heterocycles. The molecule has 0 aliphatic rings. The number of primary amides is 1. The quantitative estimate of drug-likeness (QED) is 0.649. The standard InChI is InChI=1S/C12H14N2O2/c13-12(16)14-9-11-6-3-5-10(8-11)4-1-2-7-15/h3,5-6,8,15H,2,7,9H2,(H3,13,14,16). The highest BCUT2D eigenvalue weighted by atomic mass is 16.2. The van der Waals surface area contributed by atoms with Crippen LogP contribution in [-0.4, -0.2) is 17.7 Å². The van der Waals surface area contributed by atoms with Gasteiger partial charge in [0.25, 0.3) is 0 Å². The maximum absolute atomic E-state index is 10.5. The third-order valence-corrected chi connectivity index (χ3v) is 1.86. The van der Waals surface area contributed by atoms with Gasteiger partial charge in [0.05, 0.1) is 6.61 Å². The highest BCUT2D eigenvalue weighted by Gasteiger charge is 1.95. The number of aliphatic hydroxyl groups excluding tert-OH is 1. The maximum atomic E-state index is 10.5. The Hall–Kier alpha value is -1.99. The van der Waals surface area contributed by atoms with Gasteiger partial charge in [-0.25, -0.2) is 4.79 Å². The van der Waals surface area contributed by atoms with Crippen LogP contribution in [0.1, 0.15) is 17.5 Å². The number of nitrogens with one attached hydrogen (secondary N) is 1. The molecule has 0 fully saturated rings. The summed E-state index contributed by atoms with van der Waals surface area (Å²) in [4.78, 5) is 10.5. The van der Waals surface area contributed by atoms with E-state index in [0.29, 0.717) is 13.0 Å². The summed E-state index contributed by atoms with van der Waals surface area (Å²) in [5.74, 6) is 5.75. The van der Waals surface area contributed by atoms with E-state index in [1.165, 1.54) is 0 Å². The molecule has 4 nitrogen and oxygen atoms in total. The molecule has 2 amide bonds. The summed E-state index contributed by atoms with van der Waals surface area (Å²) in [5, 5.41) is 11.1. The summed E-state index contributed by atoms with van der Waals surface area (Å²) in [6, 6.07) is 6.95. The lowest BCUT2D eigenvalue weighted by atomic mass is 10.1. The number of aliphatic hydroxyl groups is 1. The van der Waals surface area contributed by atoms with Gasteiger partial charge in [0.1, 0.15) is 0 Å². The molecular weight excluding hydrogens is 204 g/mol. The number of carbonyl (C=O) groups is 1. The van der Waals surface area contributed by atoms with Gasteiger partial charge in [-0.2, -0.15) is 0 Å². The second kappa shape index (κ2) is 6.49. The fourth-order valence-corrected chi connectivity index (χ4v) is 1.17. The van der Waals surface area contributed by atoms with Gasteiger partial charge < -0.3 is 16.2 Å². The van der Waals surface area contributed by atoms with Crippen LogP contribution in [0.5, 0.6) is 0 Å². The Morgan fingerprint density at radius 1 is 1.50 bits per heavy atom. The van der Waals surface area contributed by atoms with Crippen molar-refractivity contribution < 1.29 is 9.90 Å². The van der Waals surface area contributed by atoms with E-state index in [0.717, 1.165) is 11.1 Å². The second-order valence-corrected chi connectivity index (χ2v) is 3.19. The van der Waals surface area contributed by atoms with Crippen LogP contribution in [0, 0.1) is 11.8 Å². The molecule has 1 aromatic rings. The minimum atomic E-state index is -0.545. The number of carbonyl (C=O) groups excluding carboxylic acids is 1. The average Bonchev–Trinajstić information content (AvgIpc) is 2.27. The van der Waals surface area contributed by atoms with Gasteiger partial charge in [0.2, 0.25) is 0 Å². The van der Waals surface area contributed by atoms with Gasteiger partial charge in [-0.3, -0.25) is 0 Å². The van der Waals surface area contributed by atoms with Crippen molar-refractivity contribution in [1.82, 2.24) is 5.32 Å². The Labute approximate surface area is 94.5 Å². The van der Waals surface area contributed by atoms with Crippen LogP contribution >= 0.6 is 0 Å². The van der Waals surface area contributed by atoms with Crippen molar-refractivity contribution in [2.24, 2.45) is 5.73 Å². The Kier molecular flexibility index (Phi) is 4.90. The molecule has 16 heavy (non-hydrogen) atoms. The van der Waals surface area contributed by atoms with Gasteiger partial charge in [-0.15, -0.1) is 0 Å². The van der Waals surface area contributed by atoms with E-state index in [1.807, 2.05) is 24.3 Å². The Morgan fingerprint density at radius 3 is 3.00 bits per heavy atom. The normalized spacial score (nSPS) is 9.06. The third kappa shape index (κ3) is 4.49. The Balaban J connectivity index is 2.64. The van der Waals surface area contributed by atoms with Crippen molar-refractivity contribution in [1.29, 1.82) is 0 Å². The van der Waals surface area contributed by atoms with Crippen LogP contribution in [-0.2, 0) is 6.54 Å². The van der Waals surface area contributed by atoms with Crippen molar-refractivity contribution >= 4 is 6.03 Å². The van der Waals surface area contributed by atoms with Crippen LogP contribution in [0.2, 0.25) is 0 Å². The predicted molar refractivity (Wildman–Crippen MR) is 61.4 cm³/mol. The first kappa shape index (κ1) is 12.1. The Bertz CT molecular complexity index is 419. The summed E-state index contributed by atoms with van der Waals surface area (Å²) < 4.78 is 0. The lowest BCUT2D eigenvalue weighted by Crippen LogP contribution is -2.28. The molecule has 4 heteroatoms. The van der Waals surface area contributed by atoms with Crippen LogP contribution in [0.25, 0.3) is 0 Å². The van der Waals surface area contributed by atoms with Gasteiger partial charge in [0, 0.05) is 18.5 Å². The van der Waals surface area contributed by atoms with Gasteiger partial charge in [-0.05, 0) is 17.7 Å². The van der Waals surface area contributed by atoms with Gasteiger partial charge >= 0.3 is 6.03 Å². The molecule has 0 spiro atoms. The third-order valence-electron chi connectivity index (χ3n) is 1.86. The highest BCUT2D eigenvalue weighted by molar-refractivity contribution is 5.71. The van der Waals surface area contributed by atoms with E-state index >= 15 is 0 Å². The van der Waals surface area contributed by atoms with E-state index in [4.69, 9.17) is 10.8 Å². The monoisotopic (exact) mass is 218 g/mol. The highest BCUT2D eigenvalue weighted by Crippen LogP contribution is 2.03. The van der Waals surface area contributed by atoms with Crippen molar-refractivity contribution in [3.8, 4) is 11.8 Å². The first-order chi connectivity index (χ1) is 7.72. The zero-order chi connectivity index (χ0) is 11.8. The van der Waals surface area contributed by atoms with Crippen molar-refractivity contribution in [2.45, 2.75) is 13.0 Å². The molecule has 0 atom stereocenters. The van der Waals surface area contributed by atoms with E-state index in [1.54, 1.807) is 0 Å². The molecule has 0 radical (unpaired) electrons. The van der Waals surface area contributed by atoms with E-state index < -0.39 is 6.03 Å². The molecule has 1 rings (SSSR count). The minimum absolute atomic E-state index is 0.0654. The summed E-state index contributed by atoms with van der Waals surface area (Å²) in [7, 11) is 0. The van der Waals surface area contributed by atoms with Gasteiger partial charge in [-0.1, -0.05) is 24.0 Å². The first-order valence-electron chi connectivity index (χ1n) is 4.94. The molecular formula is C12H14N2O2. The maximum Gasteiger partial charge on any atom is 0.312 e. The smallest absolute Gasteiger partial charge is 0.312 e. The molecule has 0 bridgehead atoms. The molecule has 0 aromatic heterocycles. The molecule has 0 unspecified atom stereocenters. The fourth-order valence-electron chi connectivity index (χ4n) is 1.17. The van der Waals surface area contributed by atoms with Crippen LogP contribution < -0.4 is 11.1 Å². The molecule has 0 aliphatic heterocycles. The number of urea groups is 1. The van der Waals surface area contributed by atoms with E-state index in [-0.39, 0.29) is 6.61 Å². The Morgan fingerprint density at radius 2 is 2.31 bits per heavy atom. The van der Waals surface area contributed by atoms with Crippen molar-refractivity contribution in [3.63, 3.8) is 0 Å². The molecule has 1 aromatic carbocycles. The van der Waals surface area contributed by atoms with Crippen LogP contribution in [0.15, 0.2) is 24.3 Å². The minimum Gasteiger partial charge on any atom is -0.395 e. The number of amides is 2. The molecule has 84 valence electrons. The van der Waals surface area contributed by atoms with Gasteiger partial charge in [0.15, 0.2) is 0 Å². The number of benzene rings is 1. The number of hydrogen-bond acceptors (Lipinski definition) is 2. The van der Waals surface area contributed by atoms with Crippen LogP contribution in [0.4, 0.5) is 4.79 Å². The second-order valence-electron chi connectivity index (χ2n) is 3.19. The zero-order valence-electron chi connectivity index (χ0n) is 8.86. The summed E-state index contributed by atoms with van der Waals surface area (Å²) in [6.07, 6.45) is 0.462. The predicted octanol–water partition coefficient (Wildman–Crippen LogP) is 0.589. The molecule has 4 N–H and O–H groups in total. The SMILES string of the molecule is NC(=O)NCc1cccc(C#CCCO)c1. The lowest BCUT2D eigenvalue weighted by Gasteiger charge is -2.02. The zero-order valence-corrected chi connectivity index (χ0v) is 8.86. The van der Waals surface area contributed by atoms with Crippen molar-refractivity contribution in [3.05, 3.63) is 35.4 Å². The molecule has 0 aliphatic carbocycles. The van der Waals surface area contributed by atoms with Crippen LogP contribution in [0.3, 0.4) is 0 Å². The summed E-state index contributed by atoms with van der Waals surface area (Å²) in [5.41, 5.74) is 6.77. The number of nitrogens with two attached hydrogens (primary N) is 1. The largest absolute Gasteiger partial charge is 0.395 e. The topological polar surface area (TPSA) is 75.4 Å². The van der Waals surface area contributed by atoms with Crippen molar-refractivity contribution in [2.75, 3.05) is 6.61 Å². The molecule has 0 saturated carbocycles. The number of hydrogen-bond donors (Lipinski definition) is 3. The fraction of sp³-hybridized carbons (Fsp3) is 0.250. The number of rotatable bonds is 3. The molecule has 0 saturated heterocycles. The first-order valence-corrected chi connectivity index (χ1v) is 4.94. The average molecular weight is 218 g/mol. The van der Waals surface area contributed by atoms with E-state index in [9.17, 15) is 4.79 Å². The summed E-state index contributed by atoms with van der Waals surface area (Å²) >= 11 is 0. The lowest BCUT2D eigenvalue weighted by molar-refractivity contribution is 0.248. The summed E-state index contributed by atoms with van der Waals surface area (Å²) in [6.45, 7) is 0.459. The van der Waals surface area contributed by atoms with E-state index in [2.05, 4.69) is 17.2 Å².